The second kappa shape index (κ2) is 63.6. The maximum absolute atomic E-state index is 12.8. The Labute approximate surface area is 466 Å². The van der Waals surface area contributed by atoms with E-state index in [2.05, 4.69) is 81.5 Å². The van der Waals surface area contributed by atoms with E-state index in [4.69, 9.17) is 14.2 Å². The van der Waals surface area contributed by atoms with E-state index in [0.717, 1.165) is 109 Å². The molecule has 0 fully saturated rings. The highest BCUT2D eigenvalue weighted by atomic mass is 16.6. The summed E-state index contributed by atoms with van der Waals surface area (Å²) in [5.74, 6) is -0.893. The summed E-state index contributed by atoms with van der Waals surface area (Å²) in [4.78, 5) is 38.0. The summed E-state index contributed by atoms with van der Waals surface area (Å²) in [5.41, 5.74) is 0. The molecule has 6 heteroatoms. The highest BCUT2D eigenvalue weighted by molar-refractivity contribution is 5.71. The molecule has 1 atom stereocenters. The molecule has 0 saturated heterocycles. The molecule has 1 unspecified atom stereocenters. The zero-order valence-electron chi connectivity index (χ0n) is 50.1. The number of carbonyl (C=O) groups excluding carboxylic acids is 3. The van der Waals surface area contributed by atoms with E-state index in [1.54, 1.807) is 0 Å². The van der Waals surface area contributed by atoms with Gasteiger partial charge < -0.3 is 14.2 Å². The van der Waals surface area contributed by atoms with Crippen molar-refractivity contribution in [3.63, 3.8) is 0 Å². The van der Waals surface area contributed by atoms with Crippen LogP contribution in [0.2, 0.25) is 0 Å². The number of hydrogen-bond donors (Lipinski definition) is 0. The minimum absolute atomic E-state index is 0.0791. The van der Waals surface area contributed by atoms with Crippen molar-refractivity contribution in [3.8, 4) is 0 Å². The van der Waals surface area contributed by atoms with Crippen LogP contribution in [0.15, 0.2) is 60.8 Å². The van der Waals surface area contributed by atoms with Crippen molar-refractivity contribution >= 4 is 17.9 Å². The lowest BCUT2D eigenvalue weighted by molar-refractivity contribution is -0.167. The van der Waals surface area contributed by atoms with Crippen LogP contribution in [0.3, 0.4) is 0 Å². The van der Waals surface area contributed by atoms with Gasteiger partial charge in [0.15, 0.2) is 6.10 Å². The van der Waals surface area contributed by atoms with Crippen molar-refractivity contribution in [2.45, 2.75) is 348 Å². The summed E-state index contributed by atoms with van der Waals surface area (Å²) in [6, 6.07) is 0. The average molecular weight is 1050 g/mol. The van der Waals surface area contributed by atoms with Gasteiger partial charge in [-0.1, -0.05) is 319 Å². The fraction of sp³-hybridized carbons (Fsp3) is 0.812. The van der Waals surface area contributed by atoms with Gasteiger partial charge in [-0.05, 0) is 64.2 Å². The van der Waals surface area contributed by atoms with Crippen LogP contribution in [-0.2, 0) is 28.6 Å². The van der Waals surface area contributed by atoms with E-state index in [9.17, 15) is 14.4 Å². The largest absolute Gasteiger partial charge is 0.462 e. The Hall–Kier alpha value is -2.89. The highest BCUT2D eigenvalue weighted by Gasteiger charge is 2.19. The molecule has 0 rings (SSSR count). The number of esters is 3. The SMILES string of the molecule is CC/C=C\C/C=C\C/C=C\C/C=C\C/C=C\CCCCCCCC(=O)OC(COC(=O)CCCCCCCC)COC(=O)CCCCCCCCCCCCCCCCCCCCCCCCCCCCCCCC. The first-order valence-corrected chi connectivity index (χ1v) is 32.8. The third kappa shape index (κ3) is 61.8. The van der Waals surface area contributed by atoms with Gasteiger partial charge >= 0.3 is 17.9 Å². The number of hydrogen-bond acceptors (Lipinski definition) is 6. The summed E-state index contributed by atoms with van der Waals surface area (Å²) in [6.45, 7) is 6.49. The first kappa shape index (κ1) is 72.1. The second-order valence-corrected chi connectivity index (χ2v) is 22.0. The lowest BCUT2D eigenvalue weighted by Gasteiger charge is -2.18. The van der Waals surface area contributed by atoms with Crippen molar-refractivity contribution in [2.24, 2.45) is 0 Å². The van der Waals surface area contributed by atoms with Gasteiger partial charge in [-0.3, -0.25) is 14.4 Å². The van der Waals surface area contributed by atoms with Gasteiger partial charge in [0, 0.05) is 19.3 Å². The number of rotatable bonds is 60. The predicted molar refractivity (Wildman–Crippen MR) is 325 cm³/mol. The molecule has 436 valence electrons. The molecular formula is C69H124O6. The molecule has 0 saturated carbocycles. The van der Waals surface area contributed by atoms with Crippen LogP contribution in [0.5, 0.6) is 0 Å². The topological polar surface area (TPSA) is 78.9 Å². The Morgan fingerprint density at radius 1 is 0.280 bits per heavy atom. The molecule has 0 N–H and O–H groups in total. The molecule has 75 heavy (non-hydrogen) atoms. The lowest BCUT2D eigenvalue weighted by Crippen LogP contribution is -2.30. The molecule has 0 aromatic rings. The minimum atomic E-state index is -0.781. The molecule has 0 amide bonds. The molecule has 0 aliphatic carbocycles. The molecule has 0 aliphatic heterocycles. The van der Waals surface area contributed by atoms with Gasteiger partial charge in [-0.25, -0.2) is 0 Å². The molecule has 0 aromatic carbocycles. The van der Waals surface area contributed by atoms with Crippen molar-refractivity contribution in [1.29, 1.82) is 0 Å². The Morgan fingerprint density at radius 2 is 0.520 bits per heavy atom. The van der Waals surface area contributed by atoms with Gasteiger partial charge in [-0.2, -0.15) is 0 Å². The first-order valence-electron chi connectivity index (χ1n) is 32.8. The maximum Gasteiger partial charge on any atom is 0.306 e. The summed E-state index contributed by atoms with van der Waals surface area (Å²) in [7, 11) is 0. The standard InChI is InChI=1S/C69H124O6/c1-4-7-10-13-16-18-20-22-24-26-28-30-31-32-33-34-35-36-37-38-40-41-43-45-47-49-51-53-56-59-62-68(71)74-65-66(64-73-67(70)61-58-55-15-12-9-6-3)75-69(72)63-60-57-54-52-50-48-46-44-42-39-29-27-25-23-21-19-17-14-11-8-5-2/h8,11,17,19,23,25,29,39,44,46,66H,4-7,9-10,12-16,18,20-22,24,26-28,30-38,40-43,45,47-65H2,1-3H3/b11-8-,19-17-,25-23-,39-29-,46-44-. The zero-order valence-corrected chi connectivity index (χ0v) is 50.1. The fourth-order valence-electron chi connectivity index (χ4n) is 9.65. The third-order valence-corrected chi connectivity index (χ3v) is 14.5. The van der Waals surface area contributed by atoms with Crippen LogP contribution in [0.25, 0.3) is 0 Å². The predicted octanol–water partition coefficient (Wildman–Crippen LogP) is 22.3. The summed E-state index contributed by atoms with van der Waals surface area (Å²) in [5, 5.41) is 0. The molecule has 6 nitrogen and oxygen atoms in total. The van der Waals surface area contributed by atoms with E-state index in [-0.39, 0.29) is 31.1 Å². The second-order valence-electron chi connectivity index (χ2n) is 22.0. The molecule has 0 aromatic heterocycles. The lowest BCUT2D eigenvalue weighted by atomic mass is 10.0. The Bertz CT molecular complexity index is 1340. The van der Waals surface area contributed by atoms with Crippen molar-refractivity contribution in [2.75, 3.05) is 13.2 Å². The van der Waals surface area contributed by atoms with Crippen molar-refractivity contribution in [1.82, 2.24) is 0 Å². The highest BCUT2D eigenvalue weighted by Crippen LogP contribution is 2.18. The van der Waals surface area contributed by atoms with Crippen LogP contribution in [0.1, 0.15) is 342 Å². The monoisotopic (exact) mass is 1050 g/mol. The fourth-order valence-corrected chi connectivity index (χ4v) is 9.65. The summed E-state index contributed by atoms with van der Waals surface area (Å²) in [6.07, 6.45) is 81.4. The number of allylic oxidation sites excluding steroid dienone is 10. The molecule has 0 aliphatic rings. The van der Waals surface area contributed by atoms with Crippen molar-refractivity contribution in [3.05, 3.63) is 60.8 Å². The average Bonchev–Trinajstić information content (AvgIpc) is 3.41. The van der Waals surface area contributed by atoms with Gasteiger partial charge in [0.25, 0.3) is 0 Å². The van der Waals surface area contributed by atoms with E-state index >= 15 is 0 Å². The van der Waals surface area contributed by atoms with E-state index < -0.39 is 6.10 Å². The van der Waals surface area contributed by atoms with Crippen molar-refractivity contribution < 1.29 is 28.6 Å². The van der Waals surface area contributed by atoms with E-state index in [0.29, 0.717) is 19.3 Å². The quantitative estimate of drug-likeness (QED) is 0.0261. The molecule has 0 heterocycles. The molecule has 0 bridgehead atoms. The van der Waals surface area contributed by atoms with Gasteiger partial charge in [0.1, 0.15) is 13.2 Å². The summed E-state index contributed by atoms with van der Waals surface area (Å²) < 4.78 is 16.8. The van der Waals surface area contributed by atoms with Crippen LogP contribution in [0.4, 0.5) is 0 Å². The Kier molecular flexibility index (Phi) is 61.2. The Morgan fingerprint density at radius 3 is 0.813 bits per heavy atom. The smallest absolute Gasteiger partial charge is 0.306 e. The Balaban J connectivity index is 4.02. The number of ether oxygens (including phenoxy) is 3. The normalized spacial score (nSPS) is 12.4. The molecule has 0 radical (unpaired) electrons. The maximum atomic E-state index is 12.8. The third-order valence-electron chi connectivity index (χ3n) is 14.5. The van der Waals surface area contributed by atoms with Crippen LogP contribution in [0, 0.1) is 0 Å². The zero-order chi connectivity index (χ0) is 54.3. The first-order chi connectivity index (χ1) is 37.0. The van der Waals surface area contributed by atoms with Gasteiger partial charge in [-0.15, -0.1) is 0 Å². The van der Waals surface area contributed by atoms with E-state index in [1.807, 2.05) is 0 Å². The molecular weight excluding hydrogens is 925 g/mol. The molecule has 0 spiro atoms. The van der Waals surface area contributed by atoms with Crippen LogP contribution < -0.4 is 0 Å². The minimum Gasteiger partial charge on any atom is -0.462 e. The van der Waals surface area contributed by atoms with E-state index in [1.165, 1.54) is 193 Å². The number of carbonyl (C=O) groups is 3. The van der Waals surface area contributed by atoms with Crippen LogP contribution >= 0.6 is 0 Å². The number of unbranched alkanes of at least 4 members (excludes halogenated alkanes) is 39. The van der Waals surface area contributed by atoms with Crippen LogP contribution in [-0.4, -0.2) is 37.2 Å². The van der Waals surface area contributed by atoms with Gasteiger partial charge in [0.2, 0.25) is 0 Å². The summed E-state index contributed by atoms with van der Waals surface area (Å²) >= 11 is 0. The van der Waals surface area contributed by atoms with Gasteiger partial charge in [0.05, 0.1) is 0 Å².